The maximum atomic E-state index is 9.19. The maximum Gasteiger partial charge on any atom is 0.139 e. The fraction of sp³-hybridized carbons (Fsp3) is 0.250. The number of thiol groups is 1. The molecule has 0 saturated carbocycles. The Morgan fingerprint density at radius 3 is 1.92 bits per heavy atom. The van der Waals surface area contributed by atoms with Gasteiger partial charge in [-0.2, -0.15) is 0 Å². The first-order valence-corrected chi connectivity index (χ1v) is 3.77. The molecule has 1 aromatic carbocycles. The van der Waals surface area contributed by atoms with Crippen LogP contribution in [0.2, 0.25) is 0 Å². The SMILES string of the molecule is COc1cc(O)cc(OC)c1S. The summed E-state index contributed by atoms with van der Waals surface area (Å²) in [4.78, 5) is 0.581. The molecule has 1 aromatic rings. The van der Waals surface area contributed by atoms with E-state index in [0.717, 1.165) is 0 Å². The first kappa shape index (κ1) is 9.06. The summed E-state index contributed by atoms with van der Waals surface area (Å²) in [5.74, 6) is 1.09. The van der Waals surface area contributed by atoms with Crippen molar-refractivity contribution in [2.24, 2.45) is 0 Å². The van der Waals surface area contributed by atoms with E-state index >= 15 is 0 Å². The van der Waals surface area contributed by atoms with Crippen molar-refractivity contribution >= 4 is 12.6 Å². The van der Waals surface area contributed by atoms with Crippen LogP contribution in [0, 0.1) is 0 Å². The highest BCUT2D eigenvalue weighted by molar-refractivity contribution is 7.80. The van der Waals surface area contributed by atoms with Crippen LogP contribution in [0.25, 0.3) is 0 Å². The molecule has 0 heterocycles. The topological polar surface area (TPSA) is 38.7 Å². The predicted octanol–water partition coefficient (Wildman–Crippen LogP) is 1.70. The average Bonchev–Trinajstić information content (AvgIpc) is 2.08. The molecular formula is C8H10O3S. The average molecular weight is 186 g/mol. The highest BCUT2D eigenvalue weighted by atomic mass is 32.1. The standard InChI is InChI=1S/C8H10O3S/c1-10-6-3-5(9)4-7(11-2)8(6)12/h3-4,9,12H,1-2H3. The minimum absolute atomic E-state index is 0.0986. The van der Waals surface area contributed by atoms with Crippen molar-refractivity contribution in [3.8, 4) is 17.2 Å². The van der Waals surface area contributed by atoms with Crippen molar-refractivity contribution in [2.75, 3.05) is 14.2 Å². The molecule has 0 amide bonds. The van der Waals surface area contributed by atoms with Crippen molar-refractivity contribution in [3.63, 3.8) is 0 Å². The maximum absolute atomic E-state index is 9.19. The predicted molar refractivity (Wildman–Crippen MR) is 48.5 cm³/mol. The van der Waals surface area contributed by atoms with E-state index in [9.17, 15) is 5.11 Å². The number of hydrogen-bond donors (Lipinski definition) is 2. The van der Waals surface area contributed by atoms with Gasteiger partial charge < -0.3 is 14.6 Å². The van der Waals surface area contributed by atoms with Crippen LogP contribution in [0.4, 0.5) is 0 Å². The van der Waals surface area contributed by atoms with E-state index in [1.165, 1.54) is 26.4 Å². The smallest absolute Gasteiger partial charge is 0.139 e. The normalized spacial score (nSPS) is 9.58. The number of benzene rings is 1. The quantitative estimate of drug-likeness (QED) is 0.690. The van der Waals surface area contributed by atoms with Gasteiger partial charge in [-0.3, -0.25) is 0 Å². The highest BCUT2D eigenvalue weighted by Crippen LogP contribution is 2.35. The van der Waals surface area contributed by atoms with E-state index in [0.29, 0.717) is 16.4 Å². The Kier molecular flexibility index (Phi) is 2.70. The summed E-state index contributed by atoms with van der Waals surface area (Å²) in [6.07, 6.45) is 0. The summed E-state index contributed by atoms with van der Waals surface area (Å²) in [5, 5.41) is 9.19. The third-order valence-electron chi connectivity index (χ3n) is 1.46. The van der Waals surface area contributed by atoms with Crippen LogP contribution < -0.4 is 9.47 Å². The number of rotatable bonds is 2. The summed E-state index contributed by atoms with van der Waals surface area (Å²) in [5.41, 5.74) is 0. The number of phenols is 1. The first-order valence-electron chi connectivity index (χ1n) is 3.33. The Morgan fingerprint density at radius 1 is 1.17 bits per heavy atom. The van der Waals surface area contributed by atoms with Crippen LogP contribution in [0.15, 0.2) is 17.0 Å². The van der Waals surface area contributed by atoms with Gasteiger partial charge in [0.25, 0.3) is 0 Å². The van der Waals surface area contributed by atoms with Crippen LogP contribution in [-0.4, -0.2) is 19.3 Å². The first-order chi connectivity index (χ1) is 5.69. The van der Waals surface area contributed by atoms with Crippen LogP contribution >= 0.6 is 12.6 Å². The Labute approximate surface area is 76.3 Å². The molecule has 66 valence electrons. The van der Waals surface area contributed by atoms with Gasteiger partial charge in [0, 0.05) is 12.1 Å². The number of hydrogen-bond acceptors (Lipinski definition) is 4. The van der Waals surface area contributed by atoms with Gasteiger partial charge in [-0.05, 0) is 0 Å². The summed E-state index contributed by atoms with van der Waals surface area (Å²) in [7, 11) is 3.02. The molecule has 0 aliphatic heterocycles. The molecule has 0 unspecified atom stereocenters. The van der Waals surface area contributed by atoms with Crippen LogP contribution in [0.3, 0.4) is 0 Å². The molecule has 1 N–H and O–H groups in total. The van der Waals surface area contributed by atoms with E-state index in [-0.39, 0.29) is 5.75 Å². The molecule has 4 heteroatoms. The van der Waals surface area contributed by atoms with Gasteiger partial charge in [0.05, 0.1) is 19.1 Å². The molecule has 0 saturated heterocycles. The largest absolute Gasteiger partial charge is 0.508 e. The van der Waals surface area contributed by atoms with E-state index in [4.69, 9.17) is 9.47 Å². The van der Waals surface area contributed by atoms with Gasteiger partial charge in [-0.1, -0.05) is 0 Å². The van der Waals surface area contributed by atoms with Crippen molar-refractivity contribution in [3.05, 3.63) is 12.1 Å². The van der Waals surface area contributed by atoms with Crippen LogP contribution in [0.5, 0.6) is 17.2 Å². The second-order valence-corrected chi connectivity index (χ2v) is 2.65. The van der Waals surface area contributed by atoms with Gasteiger partial charge in [-0.25, -0.2) is 0 Å². The molecule has 3 nitrogen and oxygen atoms in total. The Morgan fingerprint density at radius 2 is 1.58 bits per heavy atom. The molecule has 0 aliphatic carbocycles. The summed E-state index contributed by atoms with van der Waals surface area (Å²) in [6, 6.07) is 2.95. The monoisotopic (exact) mass is 186 g/mol. The minimum atomic E-state index is 0.0986. The molecular weight excluding hydrogens is 176 g/mol. The molecule has 0 fully saturated rings. The Balaban J connectivity index is 3.22. The lowest BCUT2D eigenvalue weighted by Gasteiger charge is -2.08. The second-order valence-electron chi connectivity index (χ2n) is 2.20. The van der Waals surface area contributed by atoms with Crippen molar-refractivity contribution in [2.45, 2.75) is 4.90 Å². The van der Waals surface area contributed by atoms with Crippen molar-refractivity contribution in [1.29, 1.82) is 0 Å². The molecule has 0 spiro atoms. The number of methoxy groups -OCH3 is 2. The molecule has 0 radical (unpaired) electrons. The van der Waals surface area contributed by atoms with Gasteiger partial charge in [0.15, 0.2) is 0 Å². The molecule has 1 rings (SSSR count). The Bertz CT molecular complexity index is 261. The second kappa shape index (κ2) is 3.58. The zero-order chi connectivity index (χ0) is 9.14. The van der Waals surface area contributed by atoms with Gasteiger partial charge in [0.1, 0.15) is 17.2 Å². The lowest BCUT2D eigenvalue weighted by atomic mass is 10.3. The molecule has 0 atom stereocenters. The van der Waals surface area contributed by atoms with Crippen LogP contribution in [-0.2, 0) is 0 Å². The van der Waals surface area contributed by atoms with Gasteiger partial charge in [-0.15, -0.1) is 12.6 Å². The molecule has 0 bridgehead atoms. The van der Waals surface area contributed by atoms with Crippen molar-refractivity contribution in [1.82, 2.24) is 0 Å². The van der Waals surface area contributed by atoms with Crippen LogP contribution in [0.1, 0.15) is 0 Å². The number of phenolic OH excluding ortho intramolecular Hbond substituents is 1. The summed E-state index contributed by atoms with van der Waals surface area (Å²) >= 11 is 4.16. The minimum Gasteiger partial charge on any atom is -0.508 e. The number of ether oxygens (including phenoxy) is 2. The Hall–Kier alpha value is -1.03. The fourth-order valence-corrected chi connectivity index (χ4v) is 1.19. The third-order valence-corrected chi connectivity index (χ3v) is 1.91. The zero-order valence-electron chi connectivity index (χ0n) is 6.87. The number of aromatic hydroxyl groups is 1. The fourth-order valence-electron chi connectivity index (χ4n) is 0.880. The third kappa shape index (κ3) is 1.58. The van der Waals surface area contributed by atoms with E-state index < -0.39 is 0 Å². The molecule has 0 aliphatic rings. The molecule has 0 aromatic heterocycles. The summed E-state index contributed by atoms with van der Waals surface area (Å²) in [6.45, 7) is 0. The molecule has 12 heavy (non-hydrogen) atoms. The highest BCUT2D eigenvalue weighted by Gasteiger charge is 2.07. The summed E-state index contributed by atoms with van der Waals surface area (Å²) < 4.78 is 9.90. The lowest BCUT2D eigenvalue weighted by Crippen LogP contribution is -1.89. The van der Waals surface area contributed by atoms with Gasteiger partial charge >= 0.3 is 0 Å². The lowest BCUT2D eigenvalue weighted by molar-refractivity contribution is 0.368. The zero-order valence-corrected chi connectivity index (χ0v) is 7.76. The van der Waals surface area contributed by atoms with E-state index in [1.807, 2.05) is 0 Å². The van der Waals surface area contributed by atoms with Crippen molar-refractivity contribution < 1.29 is 14.6 Å². The van der Waals surface area contributed by atoms with Gasteiger partial charge in [0.2, 0.25) is 0 Å². The van der Waals surface area contributed by atoms with E-state index in [1.54, 1.807) is 0 Å². The van der Waals surface area contributed by atoms with E-state index in [2.05, 4.69) is 12.6 Å².